The monoisotopic (exact) mass is 245 g/mol. The van der Waals surface area contributed by atoms with E-state index in [0.717, 1.165) is 0 Å². The average molecular weight is 245 g/mol. The molecule has 0 amide bonds. The van der Waals surface area contributed by atoms with E-state index in [1.165, 1.54) is 15.6 Å². The molecule has 2 aromatic rings. The largest absolute Gasteiger partial charge is 0.411 e. The first-order chi connectivity index (χ1) is 8.24. The number of thiophene rings is 1. The van der Waals surface area contributed by atoms with Crippen LogP contribution in [0.15, 0.2) is 34.6 Å². The van der Waals surface area contributed by atoms with Crippen LogP contribution in [0.25, 0.3) is 10.1 Å². The minimum absolute atomic E-state index is 0.238. The zero-order chi connectivity index (χ0) is 11.8. The van der Waals surface area contributed by atoms with Gasteiger partial charge >= 0.3 is 5.97 Å². The van der Waals surface area contributed by atoms with Crippen LogP contribution in [0.4, 0.5) is 0 Å². The van der Waals surface area contributed by atoms with Crippen molar-refractivity contribution in [1.29, 1.82) is 0 Å². The van der Waals surface area contributed by atoms with Crippen LogP contribution in [0.5, 0.6) is 0 Å². The van der Waals surface area contributed by atoms with E-state index in [4.69, 9.17) is 4.74 Å². The fourth-order valence-corrected chi connectivity index (χ4v) is 3.02. The van der Waals surface area contributed by atoms with Gasteiger partial charge in [0.2, 0.25) is 0 Å². The number of benzene rings is 1. The smallest absolute Gasteiger partial charge is 0.337 e. The van der Waals surface area contributed by atoms with Gasteiger partial charge < -0.3 is 4.74 Å². The third kappa shape index (κ3) is 1.85. The lowest BCUT2D eigenvalue weighted by Gasteiger charge is -2.02. The summed E-state index contributed by atoms with van der Waals surface area (Å²) in [7, 11) is 0. The number of esters is 1. The minimum atomic E-state index is -0.368. The number of nitrogens with zero attached hydrogens (tertiary/aromatic N) is 1. The Bertz CT molecular complexity index is 615. The molecule has 3 nitrogen and oxygen atoms in total. The van der Waals surface area contributed by atoms with E-state index in [1.54, 1.807) is 18.3 Å². The third-order valence-corrected chi connectivity index (χ3v) is 3.84. The highest BCUT2D eigenvalue weighted by Crippen LogP contribution is 2.27. The van der Waals surface area contributed by atoms with Crippen LogP contribution in [-0.2, 0) is 16.0 Å². The molecule has 86 valence electrons. The van der Waals surface area contributed by atoms with Gasteiger partial charge in [-0.3, -0.25) is 0 Å². The molecule has 0 aliphatic carbocycles. The summed E-state index contributed by atoms with van der Waals surface area (Å²) in [5.74, 6) is 0.234. The van der Waals surface area contributed by atoms with Crippen LogP contribution < -0.4 is 0 Å². The lowest BCUT2D eigenvalue weighted by atomic mass is 10.1. The summed E-state index contributed by atoms with van der Waals surface area (Å²) in [4.78, 5) is 15.7. The summed E-state index contributed by atoms with van der Waals surface area (Å²) in [6.45, 7) is 1.71. The Hall–Kier alpha value is -1.68. The van der Waals surface area contributed by atoms with Crippen LogP contribution >= 0.6 is 11.3 Å². The highest BCUT2D eigenvalue weighted by atomic mass is 32.1. The van der Waals surface area contributed by atoms with Gasteiger partial charge in [-0.2, -0.15) is 0 Å². The number of carbonyl (C=O) groups is 1. The molecule has 3 rings (SSSR count). The molecule has 0 unspecified atom stereocenters. The molecular formula is C13H11NO2S. The van der Waals surface area contributed by atoms with E-state index >= 15 is 0 Å². The van der Waals surface area contributed by atoms with Crippen molar-refractivity contribution in [3.63, 3.8) is 0 Å². The van der Waals surface area contributed by atoms with Crippen molar-refractivity contribution in [3.05, 3.63) is 35.2 Å². The molecule has 0 radical (unpaired) electrons. The Balaban J connectivity index is 1.93. The number of hydrogen-bond donors (Lipinski definition) is 0. The molecule has 0 N–H and O–H groups in total. The van der Waals surface area contributed by atoms with Crippen LogP contribution in [0, 0.1) is 0 Å². The van der Waals surface area contributed by atoms with Crippen molar-refractivity contribution in [1.82, 2.24) is 0 Å². The summed E-state index contributed by atoms with van der Waals surface area (Å²) < 4.78 is 6.19. The first-order valence-electron chi connectivity index (χ1n) is 5.45. The van der Waals surface area contributed by atoms with Gasteiger partial charge in [-0.15, -0.1) is 11.3 Å². The molecule has 2 heterocycles. The molecule has 0 saturated carbocycles. The van der Waals surface area contributed by atoms with Crippen LogP contribution in [-0.4, -0.2) is 17.9 Å². The number of carbonyl (C=O) groups excluding carboxylic acids is 1. The highest BCUT2D eigenvalue weighted by Gasteiger charge is 2.27. The number of aliphatic imine (C=N–C) groups is 1. The van der Waals surface area contributed by atoms with E-state index in [2.05, 4.69) is 22.5 Å². The van der Waals surface area contributed by atoms with Gasteiger partial charge in [-0.25, -0.2) is 9.79 Å². The van der Waals surface area contributed by atoms with Crippen molar-refractivity contribution >= 4 is 33.3 Å². The van der Waals surface area contributed by atoms with Gasteiger partial charge in [-0.1, -0.05) is 18.2 Å². The molecule has 17 heavy (non-hydrogen) atoms. The topological polar surface area (TPSA) is 38.7 Å². The van der Waals surface area contributed by atoms with Gasteiger partial charge in [0.25, 0.3) is 0 Å². The highest BCUT2D eigenvalue weighted by molar-refractivity contribution is 7.17. The van der Waals surface area contributed by atoms with Crippen molar-refractivity contribution in [2.24, 2.45) is 4.99 Å². The molecular weight excluding hydrogens is 234 g/mol. The zero-order valence-electron chi connectivity index (χ0n) is 9.34. The Morgan fingerprint density at radius 2 is 2.24 bits per heavy atom. The maximum Gasteiger partial charge on any atom is 0.337 e. The Morgan fingerprint density at radius 3 is 3.00 bits per heavy atom. The van der Waals surface area contributed by atoms with Crippen molar-refractivity contribution < 1.29 is 9.53 Å². The average Bonchev–Trinajstić information content (AvgIpc) is 2.85. The fraction of sp³-hybridized carbons (Fsp3) is 0.231. The molecule has 1 atom stereocenters. The van der Waals surface area contributed by atoms with E-state index < -0.39 is 0 Å². The molecule has 1 aromatic carbocycles. The Kier molecular flexibility index (Phi) is 2.44. The van der Waals surface area contributed by atoms with E-state index in [9.17, 15) is 4.79 Å². The molecule has 0 fully saturated rings. The Morgan fingerprint density at radius 1 is 1.41 bits per heavy atom. The Labute approximate surface area is 103 Å². The van der Waals surface area contributed by atoms with E-state index in [-0.39, 0.29) is 12.0 Å². The van der Waals surface area contributed by atoms with Crippen LogP contribution in [0.3, 0.4) is 0 Å². The number of fused-ring (bicyclic) bond motifs is 1. The summed E-state index contributed by atoms with van der Waals surface area (Å²) in [6, 6.07) is 7.84. The molecule has 0 spiro atoms. The second kappa shape index (κ2) is 3.96. The van der Waals surface area contributed by atoms with Gasteiger partial charge in [0.15, 0.2) is 11.9 Å². The minimum Gasteiger partial charge on any atom is -0.411 e. The summed E-state index contributed by atoms with van der Waals surface area (Å²) in [6.07, 6.45) is 0.625. The standard InChI is InChI=1S/C13H11NO2S/c1-8-14-11(13(15)16-8)6-9-7-17-12-5-3-2-4-10(9)12/h2-5,7,11H,6H2,1H3/t11-/m0/s1. The lowest BCUT2D eigenvalue weighted by Crippen LogP contribution is -2.17. The quantitative estimate of drug-likeness (QED) is 0.763. The van der Waals surface area contributed by atoms with E-state index in [0.29, 0.717) is 12.3 Å². The first kappa shape index (κ1) is 10.5. The lowest BCUT2D eigenvalue weighted by molar-refractivity contribution is -0.134. The molecule has 4 heteroatoms. The number of hydrogen-bond acceptors (Lipinski definition) is 4. The molecule has 1 aromatic heterocycles. The van der Waals surface area contributed by atoms with Gasteiger partial charge in [0.05, 0.1) is 0 Å². The van der Waals surface area contributed by atoms with Gasteiger partial charge in [0, 0.05) is 18.0 Å². The zero-order valence-corrected chi connectivity index (χ0v) is 10.2. The first-order valence-corrected chi connectivity index (χ1v) is 6.33. The predicted molar refractivity (Wildman–Crippen MR) is 68.5 cm³/mol. The van der Waals surface area contributed by atoms with Gasteiger partial charge in [0.1, 0.15) is 0 Å². The maximum atomic E-state index is 11.5. The van der Waals surface area contributed by atoms with Crippen LogP contribution in [0.1, 0.15) is 12.5 Å². The second-order valence-corrected chi connectivity index (χ2v) is 4.96. The molecule has 0 saturated heterocycles. The van der Waals surface area contributed by atoms with Gasteiger partial charge in [-0.05, 0) is 22.4 Å². The fourth-order valence-electron chi connectivity index (χ4n) is 2.04. The summed E-state index contributed by atoms with van der Waals surface area (Å²) in [5.41, 5.74) is 1.17. The second-order valence-electron chi connectivity index (χ2n) is 4.05. The number of ether oxygens (including phenoxy) is 1. The number of cyclic esters (lactones) is 1. The summed E-state index contributed by atoms with van der Waals surface area (Å²) in [5, 5.41) is 3.31. The summed E-state index contributed by atoms with van der Waals surface area (Å²) >= 11 is 1.70. The molecule has 1 aliphatic rings. The van der Waals surface area contributed by atoms with Crippen molar-refractivity contribution in [2.45, 2.75) is 19.4 Å². The number of rotatable bonds is 2. The molecule has 0 bridgehead atoms. The van der Waals surface area contributed by atoms with E-state index in [1.807, 2.05) is 12.1 Å². The van der Waals surface area contributed by atoms with Crippen molar-refractivity contribution in [3.8, 4) is 0 Å². The van der Waals surface area contributed by atoms with Crippen LogP contribution in [0.2, 0.25) is 0 Å². The maximum absolute atomic E-state index is 11.5. The van der Waals surface area contributed by atoms with Crippen molar-refractivity contribution in [2.75, 3.05) is 0 Å². The molecule has 1 aliphatic heterocycles. The SMILES string of the molecule is CC1=N[C@@H](Cc2csc3ccccc23)C(=O)O1. The third-order valence-electron chi connectivity index (χ3n) is 2.83. The normalized spacial score (nSPS) is 19.5. The predicted octanol–water partition coefficient (Wildman–Crippen LogP) is 2.79.